The molecular weight excluding hydrogens is 252 g/mol. The molecule has 2 rings (SSSR count). The molecule has 94 valence electrons. The average Bonchev–Trinajstić information content (AvgIpc) is 2.91. The second-order valence-electron chi connectivity index (χ2n) is 3.78. The normalized spacial score (nSPS) is 10.3. The van der Waals surface area contributed by atoms with E-state index in [0.717, 1.165) is 11.3 Å². The number of halogens is 1. The first-order chi connectivity index (χ1) is 8.79. The number of benzene rings is 1. The number of carbonyl (C=O) groups excluding carboxylic acids is 1. The van der Waals surface area contributed by atoms with Crippen molar-refractivity contribution in [2.75, 3.05) is 11.2 Å². The summed E-state index contributed by atoms with van der Waals surface area (Å²) in [6.07, 6.45) is 4.15. The van der Waals surface area contributed by atoms with E-state index in [1.54, 1.807) is 6.20 Å². The van der Waals surface area contributed by atoms with E-state index < -0.39 is 0 Å². The smallest absolute Gasteiger partial charge is 0.224 e. The third-order valence-corrected chi connectivity index (χ3v) is 2.69. The number of alkyl halides is 1. The Kier molecular flexibility index (Phi) is 4.36. The third-order valence-electron chi connectivity index (χ3n) is 2.42. The van der Waals surface area contributed by atoms with Crippen molar-refractivity contribution in [1.82, 2.24) is 4.98 Å². The minimum Gasteiger partial charge on any atom is -0.444 e. The van der Waals surface area contributed by atoms with Crippen molar-refractivity contribution in [3.63, 3.8) is 0 Å². The predicted octanol–water partition coefficient (Wildman–Crippen LogP) is 3.30. The van der Waals surface area contributed by atoms with Crippen LogP contribution in [-0.2, 0) is 4.79 Å². The summed E-state index contributed by atoms with van der Waals surface area (Å²) in [4.78, 5) is 15.3. The topological polar surface area (TPSA) is 55.1 Å². The molecular formula is C13H13ClN2O2. The lowest BCUT2D eigenvalue weighted by molar-refractivity contribution is -0.116. The minimum atomic E-state index is -0.0249. The number of amides is 1. The van der Waals surface area contributed by atoms with E-state index in [2.05, 4.69) is 10.3 Å². The first kappa shape index (κ1) is 12.6. The Labute approximate surface area is 110 Å². The fourth-order valence-electron chi connectivity index (χ4n) is 1.53. The molecule has 1 aromatic carbocycles. The van der Waals surface area contributed by atoms with Crippen LogP contribution >= 0.6 is 11.6 Å². The number of oxazole rings is 1. The Bertz CT molecular complexity index is 494. The number of hydrogen-bond donors (Lipinski definition) is 1. The van der Waals surface area contributed by atoms with E-state index in [0.29, 0.717) is 24.5 Å². The summed E-state index contributed by atoms with van der Waals surface area (Å²) < 4.78 is 5.18. The predicted molar refractivity (Wildman–Crippen MR) is 70.5 cm³/mol. The van der Waals surface area contributed by atoms with Crippen molar-refractivity contribution in [3.05, 3.63) is 36.9 Å². The van der Waals surface area contributed by atoms with Crippen LogP contribution in [0.15, 0.2) is 41.3 Å². The molecule has 0 spiro atoms. The van der Waals surface area contributed by atoms with Gasteiger partial charge in [0.15, 0.2) is 12.2 Å². The van der Waals surface area contributed by atoms with Crippen LogP contribution in [0, 0.1) is 0 Å². The molecule has 0 aliphatic rings. The van der Waals surface area contributed by atoms with Crippen molar-refractivity contribution in [3.8, 4) is 11.3 Å². The lowest BCUT2D eigenvalue weighted by Crippen LogP contribution is -2.11. The van der Waals surface area contributed by atoms with Gasteiger partial charge in [-0.1, -0.05) is 0 Å². The second kappa shape index (κ2) is 6.21. The average molecular weight is 265 g/mol. The highest BCUT2D eigenvalue weighted by Gasteiger charge is 2.04. The molecule has 2 aromatic rings. The number of nitrogens with zero attached hydrogens (tertiary/aromatic N) is 1. The quantitative estimate of drug-likeness (QED) is 0.843. The fraction of sp³-hybridized carbons (Fsp3) is 0.231. The first-order valence-electron chi connectivity index (χ1n) is 5.64. The molecule has 1 N–H and O–H groups in total. The summed E-state index contributed by atoms with van der Waals surface area (Å²) >= 11 is 5.53. The van der Waals surface area contributed by atoms with E-state index in [1.165, 1.54) is 6.39 Å². The van der Waals surface area contributed by atoms with Gasteiger partial charge in [-0.15, -0.1) is 11.6 Å². The molecule has 0 fully saturated rings. The first-order valence-corrected chi connectivity index (χ1v) is 6.18. The molecule has 0 bridgehead atoms. The van der Waals surface area contributed by atoms with E-state index in [4.69, 9.17) is 16.0 Å². The van der Waals surface area contributed by atoms with Gasteiger partial charge in [0.2, 0.25) is 5.91 Å². The molecule has 0 saturated heterocycles. The van der Waals surface area contributed by atoms with Gasteiger partial charge in [0, 0.05) is 23.6 Å². The summed E-state index contributed by atoms with van der Waals surface area (Å²) in [5.74, 6) is 1.18. The fourth-order valence-corrected chi connectivity index (χ4v) is 1.66. The minimum absolute atomic E-state index is 0.0249. The molecule has 1 amide bonds. The zero-order valence-electron chi connectivity index (χ0n) is 9.73. The van der Waals surface area contributed by atoms with E-state index in [1.807, 2.05) is 24.3 Å². The summed E-state index contributed by atoms with van der Waals surface area (Å²) in [5, 5.41) is 2.81. The molecule has 0 atom stereocenters. The summed E-state index contributed by atoms with van der Waals surface area (Å²) in [6.45, 7) is 0. The molecule has 1 heterocycles. The number of rotatable bonds is 5. The van der Waals surface area contributed by atoms with Crippen molar-refractivity contribution in [1.29, 1.82) is 0 Å². The van der Waals surface area contributed by atoms with E-state index >= 15 is 0 Å². The monoisotopic (exact) mass is 264 g/mol. The van der Waals surface area contributed by atoms with Crippen LogP contribution in [0.25, 0.3) is 11.3 Å². The van der Waals surface area contributed by atoms with Crippen LogP contribution in [0.4, 0.5) is 5.69 Å². The van der Waals surface area contributed by atoms with Crippen molar-refractivity contribution in [2.45, 2.75) is 12.8 Å². The number of anilines is 1. The maximum absolute atomic E-state index is 11.5. The highest BCUT2D eigenvalue weighted by Crippen LogP contribution is 2.20. The Balaban J connectivity index is 1.98. The summed E-state index contributed by atoms with van der Waals surface area (Å²) in [6, 6.07) is 7.41. The molecule has 1 aromatic heterocycles. The van der Waals surface area contributed by atoms with Gasteiger partial charge in [-0.2, -0.15) is 0 Å². The van der Waals surface area contributed by atoms with Gasteiger partial charge < -0.3 is 9.73 Å². The zero-order chi connectivity index (χ0) is 12.8. The van der Waals surface area contributed by atoms with Crippen molar-refractivity contribution >= 4 is 23.2 Å². The molecule has 18 heavy (non-hydrogen) atoms. The molecule has 5 heteroatoms. The van der Waals surface area contributed by atoms with Gasteiger partial charge in [0.05, 0.1) is 6.20 Å². The second-order valence-corrected chi connectivity index (χ2v) is 4.16. The van der Waals surface area contributed by atoms with Gasteiger partial charge >= 0.3 is 0 Å². The zero-order valence-corrected chi connectivity index (χ0v) is 10.5. The van der Waals surface area contributed by atoms with E-state index in [-0.39, 0.29) is 5.91 Å². The van der Waals surface area contributed by atoms with Crippen LogP contribution in [0.2, 0.25) is 0 Å². The SMILES string of the molecule is O=C(CCCCl)Nc1ccc(-c2cnco2)cc1. The molecule has 0 unspecified atom stereocenters. The van der Waals surface area contributed by atoms with Gasteiger partial charge in [0.1, 0.15) is 0 Å². The highest BCUT2D eigenvalue weighted by molar-refractivity contribution is 6.18. The van der Waals surface area contributed by atoms with Crippen LogP contribution < -0.4 is 5.32 Å². The number of hydrogen-bond acceptors (Lipinski definition) is 3. The summed E-state index contributed by atoms with van der Waals surface area (Å²) in [7, 11) is 0. The molecule has 0 aliphatic heterocycles. The van der Waals surface area contributed by atoms with E-state index in [9.17, 15) is 4.79 Å². The largest absolute Gasteiger partial charge is 0.444 e. The molecule has 4 nitrogen and oxygen atoms in total. The Hall–Kier alpha value is -1.81. The van der Waals surface area contributed by atoms with Gasteiger partial charge in [-0.25, -0.2) is 4.98 Å². The number of carbonyl (C=O) groups is 1. The van der Waals surface area contributed by atoms with Gasteiger partial charge in [-0.05, 0) is 30.7 Å². The number of nitrogens with one attached hydrogen (secondary N) is 1. The van der Waals surface area contributed by atoms with Crippen molar-refractivity contribution in [2.24, 2.45) is 0 Å². The Morgan fingerprint density at radius 1 is 1.33 bits per heavy atom. The maximum atomic E-state index is 11.5. The molecule has 0 aliphatic carbocycles. The third kappa shape index (κ3) is 3.34. The van der Waals surface area contributed by atoms with Crippen LogP contribution in [0.3, 0.4) is 0 Å². The Morgan fingerprint density at radius 2 is 2.11 bits per heavy atom. The lowest BCUT2D eigenvalue weighted by atomic mass is 10.1. The highest BCUT2D eigenvalue weighted by atomic mass is 35.5. The maximum Gasteiger partial charge on any atom is 0.224 e. The van der Waals surface area contributed by atoms with Crippen LogP contribution in [0.1, 0.15) is 12.8 Å². The van der Waals surface area contributed by atoms with Crippen molar-refractivity contribution < 1.29 is 9.21 Å². The molecule has 0 saturated carbocycles. The van der Waals surface area contributed by atoms with Gasteiger partial charge in [0.25, 0.3) is 0 Å². The lowest BCUT2D eigenvalue weighted by Gasteiger charge is -2.05. The van der Waals surface area contributed by atoms with Crippen LogP contribution in [0.5, 0.6) is 0 Å². The van der Waals surface area contributed by atoms with Gasteiger partial charge in [-0.3, -0.25) is 4.79 Å². The standard InChI is InChI=1S/C13H13ClN2O2/c14-7-1-2-13(17)16-11-5-3-10(4-6-11)12-8-15-9-18-12/h3-6,8-9H,1-2,7H2,(H,16,17). The number of aromatic nitrogens is 1. The van der Waals surface area contributed by atoms with Crippen LogP contribution in [-0.4, -0.2) is 16.8 Å². The Morgan fingerprint density at radius 3 is 2.72 bits per heavy atom. The molecule has 0 radical (unpaired) electrons. The summed E-state index contributed by atoms with van der Waals surface area (Å²) in [5.41, 5.74) is 1.68.